The molecule has 28 aromatic rings. The maximum absolute atomic E-state index is 16.5. The molecule has 6 aliphatic rings. The van der Waals surface area contributed by atoms with Crippen LogP contribution in [0.2, 0.25) is 0 Å². The molecule has 68 heavy (non-hydrogen) atoms. The van der Waals surface area contributed by atoms with Gasteiger partial charge in [0.2, 0.25) is 0 Å². The number of ketones is 1. The quantitative estimate of drug-likeness (QED) is 0.125. The molecule has 0 N–H and O–H groups in total. The number of benzene rings is 18. The highest BCUT2D eigenvalue weighted by Gasteiger charge is 2.88. The minimum absolute atomic E-state index is 0.206. The molecular formula is C67H4O. The highest BCUT2D eigenvalue weighted by molar-refractivity contribution is 6.82. The van der Waals surface area contributed by atoms with Gasteiger partial charge in [0.1, 0.15) is 0 Å². The number of rotatable bonds is 2. The van der Waals surface area contributed by atoms with Crippen molar-refractivity contribution in [3.05, 3.63) is 51.8 Å². The van der Waals surface area contributed by atoms with Gasteiger partial charge in [-0.3, -0.25) is 4.79 Å². The Morgan fingerprint density at radius 3 is 0.574 bits per heavy atom. The summed E-state index contributed by atoms with van der Waals surface area (Å²) < 4.78 is 0. The van der Waals surface area contributed by atoms with Crippen molar-refractivity contribution in [1.29, 1.82) is 0 Å². The normalized spacial score (nSPS) is 24.2. The van der Waals surface area contributed by atoms with E-state index in [4.69, 9.17) is 0 Å². The van der Waals surface area contributed by atoms with Crippen molar-refractivity contribution in [3.8, 4) is 0 Å². The van der Waals surface area contributed by atoms with Gasteiger partial charge >= 0.3 is 0 Å². The van der Waals surface area contributed by atoms with Gasteiger partial charge in [0.25, 0.3) is 0 Å². The van der Waals surface area contributed by atoms with E-state index >= 15 is 4.79 Å². The number of hydrogen-bond acceptors (Lipinski definition) is 1. The second-order valence-corrected chi connectivity index (χ2v) is 25.2. The third kappa shape index (κ3) is 1.20. The standard InChI is InChI=1S/C67H4O/c68-64(5-3-1-2-4-5)65-66-60-52-44-34-24-16-8-6-7-10-14-12(8)20-28-22(14)32-26-18(10)19-11(7)15-13-9(6)17(16)25-31-21(13)29-23(15)33-27(19)37-36(26)46-40(32)50-42(28)48(38(44)30(20)24)56(60)58(50)62-54(46)55-47(37)41(33)51-43(29)49-39(31)45(35(25)34)53(52)61(66)57(49)59(51)63(55)67(62,65)66/h1-3,65H. The van der Waals surface area contributed by atoms with Gasteiger partial charge in [0, 0.05) is 10.8 Å². The molecule has 0 aliphatic heterocycles. The molecule has 0 unspecified atom stereocenters. The van der Waals surface area contributed by atoms with E-state index < -0.39 is 10.8 Å². The zero-order chi connectivity index (χ0) is 40.0. The third-order valence-corrected chi connectivity index (χ3v) is 25.4. The van der Waals surface area contributed by atoms with Crippen LogP contribution in [0.3, 0.4) is 0 Å². The lowest BCUT2D eigenvalue weighted by Gasteiger charge is -2.32. The molecule has 1 fully saturated rings. The molecule has 0 radical (unpaired) electrons. The summed E-state index contributed by atoms with van der Waals surface area (Å²) in [6.45, 7) is 0. The topological polar surface area (TPSA) is 17.1 Å². The maximum Gasteiger partial charge on any atom is 0.176 e. The van der Waals surface area contributed by atoms with Crippen LogP contribution in [0.5, 0.6) is 0 Å². The van der Waals surface area contributed by atoms with Gasteiger partial charge in [0.05, 0.1) is 11.5 Å². The largest absolute Gasteiger partial charge is 0.293 e. The maximum atomic E-state index is 16.5. The molecule has 6 aliphatic carbocycles. The van der Waals surface area contributed by atoms with Gasteiger partial charge in [-0.15, -0.1) is 5.73 Å². The van der Waals surface area contributed by atoms with Gasteiger partial charge in [-0.05, 0) is 325 Å². The Kier molecular flexibility index (Phi) is 1.89. The Morgan fingerprint density at radius 1 is 0.265 bits per heavy atom. The number of Topliss-reactive ketones (excluding diaryl/α,β-unsaturated/α-hetero) is 1. The second kappa shape index (κ2) is 5.31. The van der Waals surface area contributed by atoms with Crippen LogP contribution in [0.15, 0.2) is 29.5 Å². The van der Waals surface area contributed by atoms with E-state index in [0.717, 1.165) is 5.57 Å². The molecule has 0 amide bonds. The minimum Gasteiger partial charge on any atom is -0.293 e. The molecular weight excluding hydrogens is 821 g/mol. The number of carbonyl (C=O) groups excluding carboxylic acids is 1. The fourth-order valence-electron chi connectivity index (χ4n) is 25.5. The Balaban J connectivity index is 1.20. The molecule has 1 heteroatoms. The van der Waals surface area contributed by atoms with Crippen molar-refractivity contribution < 1.29 is 4.79 Å². The molecule has 28 aromatic carbocycles. The average molecular weight is 825 g/mol. The summed E-state index contributed by atoms with van der Waals surface area (Å²) in [5, 5.41) is 86.7. The van der Waals surface area contributed by atoms with E-state index in [9.17, 15) is 0 Å². The monoisotopic (exact) mass is 824 g/mol. The summed E-state index contributed by atoms with van der Waals surface area (Å²) in [6.07, 6.45) is 6.18. The van der Waals surface area contributed by atoms with E-state index in [1.165, 1.54) is 0 Å². The molecule has 34 rings (SSSR count). The summed E-state index contributed by atoms with van der Waals surface area (Å²) in [5.74, 6) is 0.132. The first-order valence-corrected chi connectivity index (χ1v) is 25.3. The van der Waals surface area contributed by atoms with Gasteiger partial charge in [-0.25, -0.2) is 0 Å². The van der Waals surface area contributed by atoms with Crippen LogP contribution in [0.25, 0.3) is 291 Å². The molecule has 2 spiro atoms. The van der Waals surface area contributed by atoms with Crippen LogP contribution in [-0.2, 0) is 15.6 Å². The SMILES string of the molecule is O=C(C1=C=CC=C1)C1C23c4c5c6c7c8c9c(c%10c%11c2c2c4c4c%12c5c5c6c6c8c8c%13c9c9c%10c%10c%11c%11c2c2c4c4c%12c%12c5c5c6c8c6c8c%13c9c9c%10c%10c%11c2c2c4c4c%12c5c6c5c8c9c%10c2c45)C713. The van der Waals surface area contributed by atoms with Crippen LogP contribution in [-0.4, -0.2) is 5.78 Å². The summed E-state index contributed by atoms with van der Waals surface area (Å²) in [6, 6.07) is 0. The summed E-state index contributed by atoms with van der Waals surface area (Å²) in [5.41, 5.74) is 9.82. The molecule has 1 saturated carbocycles. The van der Waals surface area contributed by atoms with Gasteiger partial charge in [-0.1, -0.05) is 6.08 Å². The van der Waals surface area contributed by atoms with E-state index in [-0.39, 0.29) is 5.92 Å². The summed E-state index contributed by atoms with van der Waals surface area (Å²) >= 11 is 0. The Bertz CT molecular complexity index is 6810. The first-order chi connectivity index (χ1) is 33.9. The molecule has 278 valence electrons. The van der Waals surface area contributed by atoms with Crippen molar-refractivity contribution in [3.63, 3.8) is 0 Å². The van der Waals surface area contributed by atoms with E-state index in [2.05, 4.69) is 17.9 Å². The predicted octanol–water partition coefficient (Wildman–Crippen LogP) is 17.1. The molecule has 0 heterocycles. The molecule has 0 aromatic heterocycles. The van der Waals surface area contributed by atoms with E-state index in [1.54, 1.807) is 313 Å². The fraction of sp³-hybridized carbons (Fsp3) is 0.0448. The highest BCUT2D eigenvalue weighted by Crippen LogP contribution is 2.92. The number of hydrogen-bond donors (Lipinski definition) is 0. The third-order valence-electron chi connectivity index (χ3n) is 25.4. The van der Waals surface area contributed by atoms with Gasteiger partial charge in [-0.2, -0.15) is 0 Å². The lowest BCUT2D eigenvalue weighted by Crippen LogP contribution is -2.27. The average Bonchev–Trinajstić information content (AvgIpc) is 4.27. The lowest BCUT2D eigenvalue weighted by molar-refractivity contribution is -0.116. The van der Waals surface area contributed by atoms with Crippen molar-refractivity contribution >= 4 is 297 Å². The van der Waals surface area contributed by atoms with Crippen LogP contribution >= 0.6 is 0 Å². The summed E-state index contributed by atoms with van der Waals surface area (Å²) in [4.78, 5) is 16.5. The first-order valence-electron chi connectivity index (χ1n) is 25.3. The van der Waals surface area contributed by atoms with Crippen LogP contribution in [0, 0.1) is 5.92 Å². The molecule has 0 atom stereocenters. The van der Waals surface area contributed by atoms with Crippen molar-refractivity contribution in [2.45, 2.75) is 10.8 Å². The smallest absolute Gasteiger partial charge is 0.176 e. The number of carbonyl (C=O) groups is 1. The van der Waals surface area contributed by atoms with Crippen LogP contribution in [0.1, 0.15) is 22.3 Å². The highest BCUT2D eigenvalue weighted by atomic mass is 16.1. The minimum atomic E-state index is -0.458. The van der Waals surface area contributed by atoms with Crippen LogP contribution in [0.4, 0.5) is 0 Å². The molecule has 0 bridgehead atoms. The van der Waals surface area contributed by atoms with Crippen molar-refractivity contribution in [2.24, 2.45) is 5.92 Å². The predicted molar refractivity (Wildman–Crippen MR) is 283 cm³/mol. The van der Waals surface area contributed by atoms with E-state index in [0.29, 0.717) is 5.78 Å². The Morgan fingerprint density at radius 2 is 0.426 bits per heavy atom. The Hall–Kier alpha value is -8.61. The van der Waals surface area contributed by atoms with E-state index in [1.807, 2.05) is 6.08 Å². The van der Waals surface area contributed by atoms with Crippen molar-refractivity contribution in [1.82, 2.24) is 0 Å². The zero-order valence-electron chi connectivity index (χ0n) is 34.2. The molecule has 0 saturated heterocycles. The lowest BCUT2D eigenvalue weighted by atomic mass is 9.68. The Labute approximate surface area is 368 Å². The van der Waals surface area contributed by atoms with Gasteiger partial charge in [0.15, 0.2) is 5.78 Å². The van der Waals surface area contributed by atoms with Gasteiger partial charge < -0.3 is 0 Å². The van der Waals surface area contributed by atoms with Crippen molar-refractivity contribution in [2.75, 3.05) is 0 Å². The first kappa shape index (κ1) is 24.2. The molecule has 1 nitrogen and oxygen atoms in total. The second-order valence-electron chi connectivity index (χ2n) is 25.2. The number of allylic oxidation sites excluding steroid dienone is 3. The zero-order valence-corrected chi connectivity index (χ0v) is 34.2. The summed E-state index contributed by atoms with van der Waals surface area (Å²) in [7, 11) is 0. The van der Waals surface area contributed by atoms with Crippen LogP contribution < -0.4 is 0 Å². The fourth-order valence-corrected chi connectivity index (χ4v) is 25.5.